The highest BCUT2D eigenvalue weighted by molar-refractivity contribution is 5.67. The van der Waals surface area contributed by atoms with Crippen molar-refractivity contribution in [1.82, 2.24) is 15.5 Å². The smallest absolute Gasteiger partial charge is 0.407 e. The lowest BCUT2D eigenvalue weighted by atomic mass is 9.98. The summed E-state index contributed by atoms with van der Waals surface area (Å²) in [6.45, 7) is 1.83. The summed E-state index contributed by atoms with van der Waals surface area (Å²) < 4.78 is 15.9. The Hall–Kier alpha value is -3.39. The Labute approximate surface area is 181 Å². The molecule has 31 heavy (non-hydrogen) atoms. The van der Waals surface area contributed by atoms with Gasteiger partial charge < -0.3 is 24.4 Å². The number of benzene rings is 2. The van der Waals surface area contributed by atoms with E-state index in [9.17, 15) is 9.90 Å². The predicted molar refractivity (Wildman–Crippen MR) is 114 cm³/mol. The van der Waals surface area contributed by atoms with Crippen LogP contribution in [-0.2, 0) is 24.2 Å². The predicted octanol–water partition coefficient (Wildman–Crippen LogP) is 3.13. The molecule has 0 aliphatic carbocycles. The summed E-state index contributed by atoms with van der Waals surface area (Å²) in [5.41, 5.74) is 1.84. The van der Waals surface area contributed by atoms with Crippen LogP contribution < -0.4 is 10.1 Å². The van der Waals surface area contributed by atoms with E-state index in [1.165, 1.54) is 0 Å². The first-order valence-electron chi connectivity index (χ1n) is 10.1. The minimum Gasteiger partial charge on any atom is -0.496 e. The van der Waals surface area contributed by atoms with E-state index in [4.69, 9.17) is 14.0 Å². The Bertz CT molecular complexity index is 961. The number of hydrogen-bond donors (Lipinski definition) is 2. The third-order valence-corrected chi connectivity index (χ3v) is 4.95. The molecule has 3 rings (SSSR count). The van der Waals surface area contributed by atoms with Gasteiger partial charge >= 0.3 is 6.09 Å². The zero-order valence-electron chi connectivity index (χ0n) is 17.7. The van der Waals surface area contributed by atoms with E-state index >= 15 is 0 Å². The number of carbonyl (C=O) groups is 1. The highest BCUT2D eigenvalue weighted by Gasteiger charge is 2.22. The fraction of sp³-hybridized carbons (Fsp3) is 0.348. The second-order valence-corrected chi connectivity index (χ2v) is 7.27. The lowest BCUT2D eigenvalue weighted by molar-refractivity contribution is 0.121. The summed E-state index contributed by atoms with van der Waals surface area (Å²) in [7, 11) is 1.62. The molecular weight excluding hydrogens is 398 g/mol. The monoisotopic (exact) mass is 425 g/mol. The number of methoxy groups -OCH3 is 1. The van der Waals surface area contributed by atoms with Crippen LogP contribution in [0.3, 0.4) is 0 Å². The van der Waals surface area contributed by atoms with Crippen LogP contribution in [0.5, 0.6) is 5.75 Å². The van der Waals surface area contributed by atoms with Gasteiger partial charge in [-0.25, -0.2) is 4.79 Å². The molecule has 1 heterocycles. The summed E-state index contributed by atoms with van der Waals surface area (Å²) in [6, 6.07) is 16.5. The highest BCUT2D eigenvalue weighted by atomic mass is 16.5. The van der Waals surface area contributed by atoms with Gasteiger partial charge in [-0.3, -0.25) is 0 Å². The van der Waals surface area contributed by atoms with Crippen molar-refractivity contribution in [3.63, 3.8) is 0 Å². The Morgan fingerprint density at radius 2 is 1.90 bits per heavy atom. The molecule has 0 aliphatic rings. The van der Waals surface area contributed by atoms with Gasteiger partial charge in [0.25, 0.3) is 0 Å². The van der Waals surface area contributed by atoms with Gasteiger partial charge in [0.15, 0.2) is 5.82 Å². The number of aliphatic hydroxyl groups is 1. The van der Waals surface area contributed by atoms with Gasteiger partial charge in [0.05, 0.1) is 26.2 Å². The largest absolute Gasteiger partial charge is 0.496 e. The molecule has 2 atom stereocenters. The Balaban J connectivity index is 1.52. The van der Waals surface area contributed by atoms with E-state index in [0.29, 0.717) is 24.6 Å². The van der Waals surface area contributed by atoms with Crippen molar-refractivity contribution in [2.75, 3.05) is 13.7 Å². The minimum absolute atomic E-state index is 0.133. The average molecular weight is 425 g/mol. The topological polar surface area (TPSA) is 107 Å². The minimum atomic E-state index is -0.584. The molecule has 2 N–H and O–H groups in total. The van der Waals surface area contributed by atoms with E-state index in [1.54, 1.807) is 7.11 Å². The van der Waals surface area contributed by atoms with Crippen LogP contribution in [0.2, 0.25) is 0 Å². The van der Waals surface area contributed by atoms with Crippen LogP contribution >= 0.6 is 0 Å². The summed E-state index contributed by atoms with van der Waals surface area (Å²) in [5.74, 6) is 1.61. The third kappa shape index (κ3) is 6.55. The fourth-order valence-electron chi connectivity index (χ4n) is 3.17. The number of aliphatic hydroxyl groups excluding tert-OH is 1. The first-order chi connectivity index (χ1) is 15.1. The van der Waals surface area contributed by atoms with Gasteiger partial charge in [0, 0.05) is 12.0 Å². The number of alkyl carbamates (subject to hydrolysis) is 1. The molecule has 0 spiro atoms. The van der Waals surface area contributed by atoms with Gasteiger partial charge in [-0.1, -0.05) is 60.6 Å². The molecule has 2 unspecified atom stereocenters. The maximum absolute atomic E-state index is 12.1. The second kappa shape index (κ2) is 11.1. The van der Waals surface area contributed by atoms with E-state index in [2.05, 4.69) is 15.5 Å². The van der Waals surface area contributed by atoms with Crippen LogP contribution in [0.4, 0.5) is 4.79 Å². The van der Waals surface area contributed by atoms with Gasteiger partial charge in [-0.05, 0) is 17.5 Å². The van der Waals surface area contributed by atoms with Crippen molar-refractivity contribution in [3.05, 3.63) is 77.4 Å². The fourth-order valence-corrected chi connectivity index (χ4v) is 3.17. The first kappa shape index (κ1) is 22.3. The molecule has 8 heteroatoms. The molecule has 8 nitrogen and oxygen atoms in total. The van der Waals surface area contributed by atoms with Crippen molar-refractivity contribution in [2.45, 2.75) is 32.4 Å². The zero-order valence-corrected chi connectivity index (χ0v) is 17.7. The molecule has 3 aromatic rings. The van der Waals surface area contributed by atoms with Crippen molar-refractivity contribution >= 4 is 6.09 Å². The molecule has 1 amide bonds. The van der Waals surface area contributed by atoms with Crippen LogP contribution in [-0.4, -0.2) is 41.1 Å². The van der Waals surface area contributed by atoms with E-state index in [0.717, 1.165) is 16.9 Å². The summed E-state index contributed by atoms with van der Waals surface area (Å²) in [4.78, 5) is 16.5. The number of rotatable bonds is 10. The van der Waals surface area contributed by atoms with E-state index < -0.39 is 12.1 Å². The van der Waals surface area contributed by atoms with Gasteiger partial charge in [-0.2, -0.15) is 4.98 Å². The number of ether oxygens (including phenoxy) is 2. The number of hydrogen-bond acceptors (Lipinski definition) is 7. The summed E-state index contributed by atoms with van der Waals surface area (Å²) in [6.07, 6.45) is 0.304. The lowest BCUT2D eigenvalue weighted by Crippen LogP contribution is -2.43. The number of amides is 1. The molecule has 0 saturated heterocycles. The second-order valence-electron chi connectivity index (χ2n) is 7.27. The first-order valence-corrected chi connectivity index (χ1v) is 10.1. The number of carbonyl (C=O) groups excluding carboxylic acids is 1. The van der Waals surface area contributed by atoms with Gasteiger partial charge in [-0.15, -0.1) is 0 Å². The van der Waals surface area contributed by atoms with Gasteiger partial charge in [0.2, 0.25) is 5.89 Å². The molecule has 0 radical (unpaired) electrons. The highest BCUT2D eigenvalue weighted by Crippen LogP contribution is 2.20. The Kier molecular flexibility index (Phi) is 8.00. The molecule has 0 bridgehead atoms. The number of nitrogens with one attached hydrogen (secondary N) is 1. The molecule has 164 valence electrons. The van der Waals surface area contributed by atoms with Crippen LogP contribution in [0.25, 0.3) is 0 Å². The van der Waals surface area contributed by atoms with Crippen LogP contribution in [0.1, 0.15) is 29.8 Å². The Morgan fingerprint density at radius 1 is 1.16 bits per heavy atom. The molecule has 0 aliphatic heterocycles. The number of nitrogens with zero attached hydrogens (tertiary/aromatic N) is 2. The Morgan fingerprint density at radius 3 is 2.65 bits per heavy atom. The van der Waals surface area contributed by atoms with E-state index in [1.807, 2.05) is 61.5 Å². The average Bonchev–Trinajstić information content (AvgIpc) is 3.23. The number of para-hydroxylation sites is 1. The SMILES string of the molecule is COc1ccccc1Cc1nc(CC(C)C(CO)NC(=O)OCc2ccccc2)no1. The van der Waals surface area contributed by atoms with Crippen molar-refractivity contribution in [3.8, 4) is 5.75 Å². The number of aromatic nitrogens is 2. The molecule has 1 aromatic heterocycles. The van der Waals surface area contributed by atoms with Crippen LogP contribution in [0.15, 0.2) is 59.1 Å². The van der Waals surface area contributed by atoms with Crippen molar-refractivity contribution in [1.29, 1.82) is 0 Å². The van der Waals surface area contributed by atoms with Crippen molar-refractivity contribution < 1.29 is 23.9 Å². The third-order valence-electron chi connectivity index (χ3n) is 4.95. The molecule has 0 fully saturated rings. The standard InChI is InChI=1S/C23H27N3O5/c1-16(19(14-27)24-23(28)30-15-17-8-4-3-5-9-17)12-21-25-22(31-26-21)13-18-10-6-7-11-20(18)29-2/h3-11,16,19,27H,12-15H2,1-2H3,(H,24,28). The quantitative estimate of drug-likeness (QED) is 0.514. The zero-order chi connectivity index (χ0) is 22.1. The molecular formula is C23H27N3O5. The molecule has 0 saturated carbocycles. The van der Waals surface area contributed by atoms with Crippen LogP contribution in [0, 0.1) is 5.92 Å². The maximum Gasteiger partial charge on any atom is 0.407 e. The normalized spacial score (nSPS) is 12.7. The molecule has 2 aromatic carbocycles. The summed E-state index contributed by atoms with van der Waals surface area (Å²) in [5, 5.41) is 16.4. The lowest BCUT2D eigenvalue weighted by Gasteiger charge is -2.22. The van der Waals surface area contributed by atoms with Gasteiger partial charge in [0.1, 0.15) is 12.4 Å². The summed E-state index contributed by atoms with van der Waals surface area (Å²) >= 11 is 0. The van der Waals surface area contributed by atoms with E-state index in [-0.39, 0.29) is 19.1 Å². The maximum atomic E-state index is 12.1. The van der Waals surface area contributed by atoms with Crippen molar-refractivity contribution in [2.24, 2.45) is 5.92 Å².